The molecular formula is C31H33N5O4. The average molecular weight is 541 g/mol. The van der Waals surface area contributed by atoms with Crippen molar-refractivity contribution >= 4 is 34.2 Å². The fourth-order valence-electron chi connectivity index (χ4n) is 5.97. The second kappa shape index (κ2) is 11.1. The molecule has 1 saturated carbocycles. The molecule has 9 heteroatoms. The molecule has 2 aromatic carbocycles. The Morgan fingerprint density at radius 3 is 2.62 bits per heavy atom. The summed E-state index contributed by atoms with van der Waals surface area (Å²) >= 11 is 0. The summed E-state index contributed by atoms with van der Waals surface area (Å²) in [7, 11) is 1.73. The summed E-state index contributed by atoms with van der Waals surface area (Å²) in [6, 6.07) is 17.2. The Labute approximate surface area is 234 Å². The van der Waals surface area contributed by atoms with Crippen LogP contribution in [0.5, 0.6) is 0 Å². The Kier molecular flexibility index (Phi) is 6.87. The van der Waals surface area contributed by atoms with E-state index in [2.05, 4.69) is 9.97 Å². The lowest BCUT2D eigenvalue weighted by Crippen LogP contribution is -2.45. The molecule has 0 radical (unpaired) electrons. The molecule has 1 aliphatic heterocycles. The number of ether oxygens (including phenoxy) is 2. The van der Waals surface area contributed by atoms with Crippen LogP contribution in [0.15, 0.2) is 71.9 Å². The van der Waals surface area contributed by atoms with Gasteiger partial charge in [-0.05, 0) is 55.9 Å². The maximum Gasteiger partial charge on any atom is 0.414 e. The molecule has 2 aliphatic rings. The highest BCUT2D eigenvalue weighted by molar-refractivity contribution is 5.97. The van der Waals surface area contributed by atoms with Crippen molar-refractivity contribution in [2.24, 2.45) is 0 Å². The van der Waals surface area contributed by atoms with Crippen LogP contribution in [0.25, 0.3) is 11.0 Å². The van der Waals surface area contributed by atoms with Gasteiger partial charge >= 0.3 is 6.09 Å². The second-order valence-electron chi connectivity index (χ2n) is 10.4. The van der Waals surface area contributed by atoms with Crippen LogP contribution in [0.1, 0.15) is 44.2 Å². The van der Waals surface area contributed by atoms with Crippen molar-refractivity contribution in [1.82, 2.24) is 14.5 Å². The van der Waals surface area contributed by atoms with E-state index in [1.54, 1.807) is 22.8 Å². The van der Waals surface area contributed by atoms with Crippen molar-refractivity contribution in [2.75, 3.05) is 30.0 Å². The smallest absolute Gasteiger partial charge is 0.414 e. The van der Waals surface area contributed by atoms with Crippen molar-refractivity contribution < 1.29 is 15.6 Å². The van der Waals surface area contributed by atoms with Gasteiger partial charge in [0.05, 0.1) is 17.5 Å². The number of benzene rings is 2. The first kappa shape index (κ1) is 24.8. The third kappa shape index (κ3) is 4.81. The lowest BCUT2D eigenvalue weighted by molar-refractivity contribution is 0.0585. The number of rotatable bonds is 5. The molecular weight excluding hydrogens is 506 g/mol. The van der Waals surface area contributed by atoms with Crippen molar-refractivity contribution in [3.8, 4) is 0 Å². The van der Waals surface area contributed by atoms with Gasteiger partial charge in [0.1, 0.15) is 25.6 Å². The first-order chi connectivity index (χ1) is 19.9. The minimum Gasteiger partial charge on any atom is -0.444 e. The van der Waals surface area contributed by atoms with Crippen LogP contribution in [0.4, 0.5) is 21.9 Å². The number of carbonyl (C=O) groups is 1. The molecule has 40 heavy (non-hydrogen) atoms. The fourth-order valence-corrected chi connectivity index (χ4v) is 5.97. The molecule has 0 unspecified atom stereocenters. The molecule has 0 atom stereocenters. The van der Waals surface area contributed by atoms with Crippen molar-refractivity contribution in [3.63, 3.8) is 0 Å². The Bertz CT molecular complexity index is 1640. The lowest BCUT2D eigenvalue weighted by atomic mass is 9.92. The zero-order valence-electron chi connectivity index (χ0n) is 23.7. The standard InChI is InChI=1S/C31H33N5O4/c1-21-7-6-10-26-28(21)35(31(38)40-19-22-8-4-3-5-9-22)16-15-34(26)27-17-23-18-32-20-33-29(23)36(30(27)37)24-11-13-25(39-2)14-12-24/h3-10,17-18,20,24-25H,11-16,19H2,1-2H3/i20D. The minimum absolute atomic E-state index is 0.0584. The van der Waals surface area contributed by atoms with Gasteiger partial charge in [0.15, 0.2) is 0 Å². The van der Waals surface area contributed by atoms with Crippen LogP contribution < -0.4 is 15.4 Å². The van der Waals surface area contributed by atoms with Crippen LogP contribution in [0.3, 0.4) is 0 Å². The predicted octanol–water partition coefficient (Wildman–Crippen LogP) is 5.52. The van der Waals surface area contributed by atoms with Gasteiger partial charge in [-0.2, -0.15) is 0 Å². The molecule has 0 N–H and O–H groups in total. The molecule has 1 fully saturated rings. The van der Waals surface area contributed by atoms with Gasteiger partial charge < -0.3 is 14.4 Å². The van der Waals surface area contributed by atoms with Crippen LogP contribution in [0.2, 0.25) is 0 Å². The van der Waals surface area contributed by atoms with Gasteiger partial charge in [0.2, 0.25) is 0 Å². The summed E-state index contributed by atoms with van der Waals surface area (Å²) in [4.78, 5) is 39.7. The van der Waals surface area contributed by atoms with E-state index < -0.39 is 6.09 Å². The largest absolute Gasteiger partial charge is 0.444 e. The van der Waals surface area contributed by atoms with Gasteiger partial charge in [-0.15, -0.1) is 0 Å². The van der Waals surface area contributed by atoms with E-state index in [9.17, 15) is 9.59 Å². The second-order valence-corrected chi connectivity index (χ2v) is 10.4. The Morgan fingerprint density at radius 1 is 1.05 bits per heavy atom. The van der Waals surface area contributed by atoms with Crippen LogP contribution >= 0.6 is 0 Å². The van der Waals surface area contributed by atoms with Gasteiger partial charge in [-0.1, -0.05) is 42.5 Å². The zero-order valence-corrected chi connectivity index (χ0v) is 22.7. The highest BCUT2D eigenvalue weighted by Gasteiger charge is 2.33. The van der Waals surface area contributed by atoms with E-state index in [4.69, 9.17) is 10.8 Å². The molecule has 1 aliphatic carbocycles. The first-order valence-electron chi connectivity index (χ1n) is 14.2. The summed E-state index contributed by atoms with van der Waals surface area (Å²) in [5.74, 6) is 0. The summed E-state index contributed by atoms with van der Waals surface area (Å²) < 4.78 is 21.0. The maximum atomic E-state index is 14.3. The monoisotopic (exact) mass is 540 g/mol. The van der Waals surface area contributed by atoms with E-state index >= 15 is 0 Å². The van der Waals surface area contributed by atoms with E-state index in [0.717, 1.165) is 48.2 Å². The summed E-state index contributed by atoms with van der Waals surface area (Å²) in [6.07, 6.45) is 4.52. The third-order valence-electron chi connectivity index (χ3n) is 8.02. The number of pyridine rings is 1. The third-order valence-corrected chi connectivity index (χ3v) is 8.02. The van der Waals surface area contributed by atoms with E-state index in [1.807, 2.05) is 66.4 Å². The molecule has 4 aromatic rings. The van der Waals surface area contributed by atoms with E-state index in [0.29, 0.717) is 29.8 Å². The Morgan fingerprint density at radius 2 is 1.85 bits per heavy atom. The summed E-state index contributed by atoms with van der Waals surface area (Å²) in [5, 5.41) is 0.698. The number of carbonyl (C=O) groups excluding carboxylic acids is 1. The Balaban J connectivity index is 1.39. The van der Waals surface area contributed by atoms with Gasteiger partial charge in [-0.3, -0.25) is 14.3 Å². The number of aromatic nitrogens is 3. The molecule has 0 spiro atoms. The normalized spacial score (nSPS) is 19.3. The lowest BCUT2D eigenvalue weighted by Gasteiger charge is -2.38. The number of anilines is 3. The highest BCUT2D eigenvalue weighted by atomic mass is 16.6. The SMILES string of the molecule is [2H]c1ncc2cc(N3CCN(C(=O)OCc4ccccc4)c4c(C)cccc43)c(=O)n(C3CCC(OC)CC3)c2n1. The van der Waals surface area contributed by atoms with Crippen molar-refractivity contribution in [1.29, 1.82) is 0 Å². The van der Waals surface area contributed by atoms with E-state index in [1.165, 1.54) is 0 Å². The number of nitrogens with zero attached hydrogens (tertiary/aromatic N) is 5. The molecule has 0 bridgehead atoms. The molecule has 9 nitrogen and oxygen atoms in total. The topological polar surface area (TPSA) is 89.8 Å². The molecule has 6 rings (SSSR count). The number of para-hydroxylation sites is 1. The fraction of sp³-hybridized carbons (Fsp3) is 0.355. The Hall–Kier alpha value is -4.24. The van der Waals surface area contributed by atoms with Crippen LogP contribution in [-0.4, -0.2) is 46.9 Å². The summed E-state index contributed by atoms with van der Waals surface area (Å²) in [6.45, 7) is 2.89. The molecule has 3 heterocycles. The van der Waals surface area contributed by atoms with Crippen molar-refractivity contribution in [2.45, 2.75) is 51.4 Å². The number of methoxy groups -OCH3 is 1. The highest BCUT2D eigenvalue weighted by Crippen LogP contribution is 2.40. The molecule has 2 aromatic heterocycles. The number of amides is 1. The summed E-state index contributed by atoms with van der Waals surface area (Å²) in [5.41, 5.74) is 4.12. The molecule has 206 valence electrons. The molecule has 1 amide bonds. The average Bonchev–Trinajstić information content (AvgIpc) is 3.00. The van der Waals surface area contributed by atoms with E-state index in [-0.39, 0.29) is 30.6 Å². The number of fused-ring (bicyclic) bond motifs is 2. The van der Waals surface area contributed by atoms with Crippen LogP contribution in [-0.2, 0) is 16.1 Å². The predicted molar refractivity (Wildman–Crippen MR) is 154 cm³/mol. The maximum absolute atomic E-state index is 14.3. The first-order valence-corrected chi connectivity index (χ1v) is 13.7. The minimum atomic E-state index is -0.425. The molecule has 0 saturated heterocycles. The zero-order chi connectivity index (χ0) is 28.5. The number of hydrogen-bond donors (Lipinski definition) is 0. The number of hydrogen-bond acceptors (Lipinski definition) is 7. The van der Waals surface area contributed by atoms with Gasteiger partial charge in [-0.25, -0.2) is 14.8 Å². The quantitative estimate of drug-likeness (QED) is 0.329. The van der Waals surface area contributed by atoms with Crippen molar-refractivity contribution in [3.05, 3.63) is 88.6 Å². The van der Waals surface area contributed by atoms with Crippen LogP contribution in [0, 0.1) is 6.92 Å². The van der Waals surface area contributed by atoms with Gasteiger partial charge in [0.25, 0.3) is 5.56 Å². The van der Waals surface area contributed by atoms with Gasteiger partial charge in [0, 0.05) is 37.8 Å². The number of aryl methyl sites for hydroxylation is 1.